The molecule has 0 aliphatic heterocycles. The maximum atomic E-state index is 13.1. The Hall–Kier alpha value is -3.27. The van der Waals surface area contributed by atoms with E-state index in [0.29, 0.717) is 24.5 Å². The standard InChI is InChI=1S/C20H16F3N5OS/c1-12-8-13(4-7-25-18-17-19(27-10-26-18)30-11-28-17)2-3-15(12)29-16-9-24-6-5-14(16)20(21,22)23/h2-3,5-6,8-11H,4,7H2,1H3,(H,25,26,27). The van der Waals surface area contributed by atoms with E-state index in [9.17, 15) is 13.2 Å². The lowest BCUT2D eigenvalue weighted by atomic mass is 10.1. The van der Waals surface area contributed by atoms with E-state index in [2.05, 4.69) is 25.3 Å². The summed E-state index contributed by atoms with van der Waals surface area (Å²) in [6, 6.07) is 6.28. The molecule has 1 aromatic carbocycles. The van der Waals surface area contributed by atoms with E-state index < -0.39 is 11.7 Å². The van der Waals surface area contributed by atoms with Gasteiger partial charge >= 0.3 is 6.18 Å². The molecule has 1 N–H and O–H groups in total. The van der Waals surface area contributed by atoms with Crippen molar-refractivity contribution in [3.63, 3.8) is 0 Å². The molecule has 0 bridgehead atoms. The number of alkyl halides is 3. The lowest BCUT2D eigenvalue weighted by molar-refractivity contribution is -0.138. The van der Waals surface area contributed by atoms with Gasteiger partial charge in [-0.2, -0.15) is 13.2 Å². The van der Waals surface area contributed by atoms with Crippen molar-refractivity contribution in [2.75, 3.05) is 11.9 Å². The molecule has 0 saturated carbocycles. The second-order valence-corrected chi connectivity index (χ2v) is 7.31. The molecular formula is C20H16F3N5OS. The van der Waals surface area contributed by atoms with Crippen LogP contribution >= 0.6 is 11.3 Å². The van der Waals surface area contributed by atoms with Gasteiger partial charge in [0, 0.05) is 12.7 Å². The maximum absolute atomic E-state index is 13.1. The first-order chi connectivity index (χ1) is 14.4. The van der Waals surface area contributed by atoms with Crippen molar-refractivity contribution in [1.29, 1.82) is 0 Å². The van der Waals surface area contributed by atoms with E-state index in [-0.39, 0.29) is 5.75 Å². The number of hydrogen-bond donors (Lipinski definition) is 1. The van der Waals surface area contributed by atoms with Gasteiger partial charge in [-0.25, -0.2) is 15.0 Å². The third-order valence-corrected chi connectivity index (χ3v) is 5.12. The summed E-state index contributed by atoms with van der Waals surface area (Å²) in [5.41, 5.74) is 3.34. The molecule has 0 amide bonds. The Labute approximate surface area is 173 Å². The normalized spacial score (nSPS) is 11.6. The Bertz CT molecular complexity index is 1180. The van der Waals surface area contributed by atoms with E-state index >= 15 is 0 Å². The largest absolute Gasteiger partial charge is 0.455 e. The minimum atomic E-state index is -4.51. The first-order valence-corrected chi connectivity index (χ1v) is 9.86. The number of aryl methyl sites for hydroxylation is 1. The fourth-order valence-corrected chi connectivity index (χ4v) is 3.57. The van der Waals surface area contributed by atoms with Crippen molar-refractivity contribution in [2.24, 2.45) is 0 Å². The number of pyridine rings is 1. The molecule has 0 saturated heterocycles. The van der Waals surface area contributed by atoms with Gasteiger partial charge in [0.15, 0.2) is 11.6 Å². The van der Waals surface area contributed by atoms with E-state index in [4.69, 9.17) is 4.74 Å². The van der Waals surface area contributed by atoms with Gasteiger partial charge in [-0.15, -0.1) is 11.3 Å². The van der Waals surface area contributed by atoms with E-state index in [1.807, 2.05) is 12.1 Å². The summed E-state index contributed by atoms with van der Waals surface area (Å²) in [6.07, 6.45) is -0.164. The molecule has 0 spiro atoms. The van der Waals surface area contributed by atoms with Crippen molar-refractivity contribution in [2.45, 2.75) is 19.5 Å². The summed E-state index contributed by atoms with van der Waals surface area (Å²) in [5.74, 6) is 0.706. The van der Waals surface area contributed by atoms with E-state index in [1.165, 1.54) is 17.7 Å². The van der Waals surface area contributed by atoms with Crippen LogP contribution in [0.4, 0.5) is 19.0 Å². The van der Waals surface area contributed by atoms with E-state index in [0.717, 1.165) is 39.9 Å². The van der Waals surface area contributed by atoms with Crippen molar-refractivity contribution < 1.29 is 17.9 Å². The number of thiazole rings is 1. The highest BCUT2D eigenvalue weighted by atomic mass is 32.1. The van der Waals surface area contributed by atoms with Crippen LogP contribution in [0, 0.1) is 6.92 Å². The first-order valence-electron chi connectivity index (χ1n) is 8.98. The average Bonchev–Trinajstić information content (AvgIpc) is 3.19. The molecule has 3 heterocycles. The predicted octanol–water partition coefficient (Wildman–Crippen LogP) is 5.26. The summed E-state index contributed by atoms with van der Waals surface area (Å²) >= 11 is 1.45. The Balaban J connectivity index is 1.43. The fraction of sp³-hybridized carbons (Fsp3) is 0.200. The summed E-state index contributed by atoms with van der Waals surface area (Å²) in [5, 5.41) is 3.25. The summed E-state index contributed by atoms with van der Waals surface area (Å²) in [7, 11) is 0. The summed E-state index contributed by atoms with van der Waals surface area (Å²) < 4.78 is 44.9. The van der Waals surface area contributed by atoms with Crippen LogP contribution in [-0.4, -0.2) is 26.5 Å². The lowest BCUT2D eigenvalue weighted by Gasteiger charge is -2.15. The topological polar surface area (TPSA) is 72.8 Å². The third kappa shape index (κ3) is 4.33. The van der Waals surface area contributed by atoms with Gasteiger partial charge in [-0.3, -0.25) is 4.98 Å². The van der Waals surface area contributed by atoms with Gasteiger partial charge in [0.2, 0.25) is 0 Å². The average molecular weight is 431 g/mol. The van der Waals surface area contributed by atoms with Gasteiger partial charge in [-0.05, 0) is 36.6 Å². The Morgan fingerprint density at radius 3 is 2.77 bits per heavy atom. The number of aromatic nitrogens is 4. The number of ether oxygens (including phenoxy) is 1. The zero-order valence-corrected chi connectivity index (χ0v) is 16.6. The van der Waals surface area contributed by atoms with Gasteiger partial charge in [0.05, 0.1) is 11.7 Å². The van der Waals surface area contributed by atoms with Crippen LogP contribution in [-0.2, 0) is 12.6 Å². The minimum absolute atomic E-state index is 0.321. The molecule has 3 aromatic heterocycles. The molecule has 0 fully saturated rings. The van der Waals surface area contributed by atoms with Crippen LogP contribution in [0.5, 0.6) is 11.5 Å². The van der Waals surface area contributed by atoms with Crippen molar-refractivity contribution in [3.05, 3.63) is 65.2 Å². The smallest absolute Gasteiger partial charge is 0.420 e. The number of nitrogens with zero attached hydrogens (tertiary/aromatic N) is 4. The highest BCUT2D eigenvalue weighted by Crippen LogP contribution is 2.38. The van der Waals surface area contributed by atoms with Gasteiger partial charge in [0.25, 0.3) is 0 Å². The number of anilines is 1. The van der Waals surface area contributed by atoms with Crippen LogP contribution in [0.3, 0.4) is 0 Å². The van der Waals surface area contributed by atoms with Crippen molar-refractivity contribution >= 4 is 27.5 Å². The molecular weight excluding hydrogens is 415 g/mol. The maximum Gasteiger partial charge on any atom is 0.420 e. The lowest BCUT2D eigenvalue weighted by Crippen LogP contribution is -2.08. The third-order valence-electron chi connectivity index (χ3n) is 4.39. The molecule has 0 unspecified atom stereocenters. The molecule has 30 heavy (non-hydrogen) atoms. The second-order valence-electron chi connectivity index (χ2n) is 6.48. The summed E-state index contributed by atoms with van der Waals surface area (Å²) in [6.45, 7) is 2.41. The van der Waals surface area contributed by atoms with Gasteiger partial charge in [0.1, 0.15) is 28.0 Å². The number of rotatable bonds is 6. The van der Waals surface area contributed by atoms with Gasteiger partial charge < -0.3 is 10.1 Å². The molecule has 6 nitrogen and oxygen atoms in total. The first kappa shape index (κ1) is 20.0. The number of fused-ring (bicyclic) bond motifs is 1. The second kappa shape index (κ2) is 8.23. The highest BCUT2D eigenvalue weighted by molar-refractivity contribution is 7.16. The zero-order chi connectivity index (χ0) is 21.1. The summed E-state index contributed by atoms with van der Waals surface area (Å²) in [4.78, 5) is 17.2. The zero-order valence-electron chi connectivity index (χ0n) is 15.8. The van der Waals surface area contributed by atoms with Gasteiger partial charge in [-0.1, -0.05) is 12.1 Å². The SMILES string of the molecule is Cc1cc(CCNc2ncnc3scnc23)ccc1Oc1cnccc1C(F)(F)F. The van der Waals surface area contributed by atoms with Crippen LogP contribution in [0.2, 0.25) is 0 Å². The van der Waals surface area contributed by atoms with Crippen LogP contribution in [0.25, 0.3) is 10.3 Å². The number of benzene rings is 1. The molecule has 0 aliphatic carbocycles. The van der Waals surface area contributed by atoms with Crippen LogP contribution in [0.1, 0.15) is 16.7 Å². The number of hydrogen-bond acceptors (Lipinski definition) is 7. The van der Waals surface area contributed by atoms with Crippen LogP contribution in [0.15, 0.2) is 48.5 Å². The van der Waals surface area contributed by atoms with Crippen LogP contribution < -0.4 is 10.1 Å². The molecule has 4 aromatic rings. The molecule has 4 rings (SSSR count). The van der Waals surface area contributed by atoms with Crippen molar-refractivity contribution in [1.82, 2.24) is 19.9 Å². The quantitative estimate of drug-likeness (QED) is 0.449. The Kier molecular flexibility index (Phi) is 5.49. The van der Waals surface area contributed by atoms with E-state index in [1.54, 1.807) is 18.5 Å². The Morgan fingerprint density at radius 2 is 1.97 bits per heavy atom. The van der Waals surface area contributed by atoms with Crippen molar-refractivity contribution in [3.8, 4) is 11.5 Å². The predicted molar refractivity (Wildman–Crippen MR) is 108 cm³/mol. The molecule has 154 valence electrons. The highest BCUT2D eigenvalue weighted by Gasteiger charge is 2.34. The molecule has 0 aliphatic rings. The molecule has 0 atom stereocenters. The fourth-order valence-electron chi connectivity index (χ4n) is 2.94. The number of halogens is 3. The molecule has 10 heteroatoms. The monoisotopic (exact) mass is 431 g/mol. The number of nitrogens with one attached hydrogen (secondary N) is 1. The minimum Gasteiger partial charge on any atom is -0.455 e. The Morgan fingerprint density at radius 1 is 1.10 bits per heavy atom. The molecule has 0 radical (unpaired) electrons.